The molecule has 1 N–H and O–H groups in total. The van der Waals surface area contributed by atoms with Gasteiger partial charge in [0.2, 0.25) is 15.9 Å². The van der Waals surface area contributed by atoms with Crippen molar-refractivity contribution in [2.24, 2.45) is 0 Å². The number of rotatable bonds is 10. The predicted octanol–water partition coefficient (Wildman–Crippen LogP) is 3.71. The first-order valence-corrected chi connectivity index (χ1v) is 14.1. The van der Waals surface area contributed by atoms with E-state index in [-0.39, 0.29) is 17.2 Å². The number of amides is 1. The molecule has 2 aliphatic heterocycles. The van der Waals surface area contributed by atoms with Gasteiger partial charge in [0.25, 0.3) is 0 Å². The lowest BCUT2D eigenvalue weighted by molar-refractivity contribution is -0.121. The number of sulfonamides is 1. The van der Waals surface area contributed by atoms with Crippen LogP contribution in [0.5, 0.6) is 5.75 Å². The van der Waals surface area contributed by atoms with E-state index in [0.717, 1.165) is 30.5 Å². The number of likely N-dealkylation sites (tertiary alicyclic amines) is 1. The molecule has 2 fully saturated rings. The van der Waals surface area contributed by atoms with Gasteiger partial charge < -0.3 is 10.1 Å². The Kier molecular flexibility index (Phi) is 8.81. The summed E-state index contributed by atoms with van der Waals surface area (Å²) in [6.07, 6.45) is 6.37. The summed E-state index contributed by atoms with van der Waals surface area (Å²) in [6, 6.07) is 13.4. The fourth-order valence-corrected chi connectivity index (χ4v) is 6.43. The van der Waals surface area contributed by atoms with Gasteiger partial charge in [0.15, 0.2) is 0 Å². The smallest absolute Gasteiger partial charge is 0.243 e. The van der Waals surface area contributed by atoms with Crippen LogP contribution in [0.4, 0.5) is 0 Å². The number of methoxy groups -OCH3 is 1. The number of ether oxygens (including phenoxy) is 1. The Bertz CT molecular complexity index is 1090. The van der Waals surface area contributed by atoms with Crippen LogP contribution in [0, 0.1) is 0 Å². The van der Waals surface area contributed by atoms with Crippen LogP contribution in [0.15, 0.2) is 47.4 Å². The first kappa shape index (κ1) is 25.7. The molecule has 2 aliphatic rings. The highest BCUT2D eigenvalue weighted by Gasteiger charge is 2.27. The average Bonchev–Trinajstić information content (AvgIpc) is 3.44. The number of hydrogen-bond donors (Lipinski definition) is 1. The summed E-state index contributed by atoms with van der Waals surface area (Å²) in [5.41, 5.74) is 3.10. The zero-order chi connectivity index (χ0) is 24.7. The molecule has 0 bridgehead atoms. The number of nitrogens with zero attached hydrogens (tertiary/aromatic N) is 2. The molecule has 0 radical (unpaired) electrons. The molecule has 2 heterocycles. The Morgan fingerprint density at radius 1 is 0.914 bits per heavy atom. The molecule has 2 aromatic rings. The van der Waals surface area contributed by atoms with Gasteiger partial charge >= 0.3 is 0 Å². The largest absolute Gasteiger partial charge is 0.496 e. The van der Waals surface area contributed by atoms with Crippen LogP contribution in [-0.4, -0.2) is 56.8 Å². The van der Waals surface area contributed by atoms with E-state index in [0.29, 0.717) is 31.8 Å². The monoisotopic (exact) mass is 499 g/mol. The third-order valence-electron chi connectivity index (χ3n) is 6.94. The van der Waals surface area contributed by atoms with Gasteiger partial charge in [0.1, 0.15) is 5.75 Å². The van der Waals surface area contributed by atoms with Gasteiger partial charge in [-0.3, -0.25) is 9.69 Å². The lowest BCUT2D eigenvalue weighted by Crippen LogP contribution is -2.29. The predicted molar refractivity (Wildman–Crippen MR) is 137 cm³/mol. The zero-order valence-electron chi connectivity index (χ0n) is 20.7. The number of carbonyl (C=O) groups excluding carboxylic acids is 1. The Morgan fingerprint density at radius 2 is 1.57 bits per heavy atom. The third kappa shape index (κ3) is 6.84. The highest BCUT2D eigenvalue weighted by atomic mass is 32.2. The normalized spacial score (nSPS) is 17.4. The first-order chi connectivity index (χ1) is 17.0. The van der Waals surface area contributed by atoms with E-state index in [9.17, 15) is 13.2 Å². The Labute approximate surface area is 209 Å². The van der Waals surface area contributed by atoms with Crippen molar-refractivity contribution in [1.29, 1.82) is 0 Å². The fourth-order valence-electron chi connectivity index (χ4n) is 4.86. The van der Waals surface area contributed by atoms with Crippen LogP contribution in [0.25, 0.3) is 0 Å². The van der Waals surface area contributed by atoms with Crippen molar-refractivity contribution in [2.45, 2.75) is 62.9 Å². The van der Waals surface area contributed by atoms with E-state index in [4.69, 9.17) is 4.74 Å². The molecule has 35 heavy (non-hydrogen) atoms. The second kappa shape index (κ2) is 12.0. The van der Waals surface area contributed by atoms with Crippen LogP contribution in [-0.2, 0) is 34.3 Å². The molecular formula is C27H37N3O4S. The number of nitrogens with one attached hydrogen (secondary N) is 1. The molecule has 2 aromatic carbocycles. The molecule has 7 nitrogen and oxygen atoms in total. The maximum absolute atomic E-state index is 12.9. The van der Waals surface area contributed by atoms with E-state index in [1.54, 1.807) is 25.3 Å². The molecule has 0 aromatic heterocycles. The molecule has 0 saturated carbocycles. The summed E-state index contributed by atoms with van der Waals surface area (Å²) in [5, 5.41) is 2.98. The standard InChI is InChI=1S/C27H37N3O4S/c1-34-26-13-12-25(35(32,33)30-17-5-6-18-30)19-24(26)11-14-27(31)28-20-22-7-9-23(10-8-22)21-29-15-3-2-4-16-29/h7-10,12-13,19H,2-6,11,14-18,20-21H2,1H3,(H,28,31). The van der Waals surface area contributed by atoms with E-state index in [2.05, 4.69) is 34.5 Å². The van der Waals surface area contributed by atoms with Gasteiger partial charge in [-0.1, -0.05) is 30.7 Å². The molecule has 1 amide bonds. The molecule has 2 saturated heterocycles. The number of aryl methyl sites for hydroxylation is 1. The molecule has 0 spiro atoms. The van der Waals surface area contributed by atoms with E-state index < -0.39 is 10.0 Å². The van der Waals surface area contributed by atoms with Crippen LogP contribution in [0.1, 0.15) is 55.2 Å². The SMILES string of the molecule is COc1ccc(S(=O)(=O)N2CCCC2)cc1CCC(=O)NCc1ccc(CN2CCCCC2)cc1. The van der Waals surface area contributed by atoms with Crippen molar-refractivity contribution in [3.05, 3.63) is 59.2 Å². The maximum Gasteiger partial charge on any atom is 0.243 e. The molecule has 0 unspecified atom stereocenters. The average molecular weight is 500 g/mol. The Balaban J connectivity index is 1.29. The minimum atomic E-state index is -3.51. The summed E-state index contributed by atoms with van der Waals surface area (Å²) in [4.78, 5) is 15.3. The van der Waals surface area contributed by atoms with Crippen LogP contribution in [0.2, 0.25) is 0 Å². The fraction of sp³-hybridized carbons (Fsp3) is 0.519. The first-order valence-electron chi connectivity index (χ1n) is 12.7. The summed E-state index contributed by atoms with van der Waals surface area (Å²) in [6.45, 7) is 4.94. The van der Waals surface area contributed by atoms with Crippen molar-refractivity contribution in [3.8, 4) is 5.75 Å². The van der Waals surface area contributed by atoms with Gasteiger partial charge in [0.05, 0.1) is 12.0 Å². The van der Waals surface area contributed by atoms with E-state index in [1.165, 1.54) is 42.2 Å². The van der Waals surface area contributed by atoms with Crippen molar-refractivity contribution < 1.29 is 17.9 Å². The molecule has 0 atom stereocenters. The van der Waals surface area contributed by atoms with Gasteiger partial charge in [-0.15, -0.1) is 0 Å². The van der Waals surface area contributed by atoms with Crippen molar-refractivity contribution in [3.63, 3.8) is 0 Å². The third-order valence-corrected chi connectivity index (χ3v) is 8.84. The number of piperidine rings is 1. The summed E-state index contributed by atoms with van der Waals surface area (Å²) >= 11 is 0. The quantitative estimate of drug-likeness (QED) is 0.539. The van der Waals surface area contributed by atoms with Crippen LogP contribution in [0.3, 0.4) is 0 Å². The second-order valence-electron chi connectivity index (χ2n) is 9.51. The summed E-state index contributed by atoms with van der Waals surface area (Å²) in [7, 11) is -1.95. The van der Waals surface area contributed by atoms with Crippen LogP contribution >= 0.6 is 0 Å². The minimum absolute atomic E-state index is 0.0720. The van der Waals surface area contributed by atoms with Gasteiger partial charge in [-0.05, 0) is 80.1 Å². The molecular weight excluding hydrogens is 462 g/mol. The lowest BCUT2D eigenvalue weighted by Gasteiger charge is -2.26. The second-order valence-corrected chi connectivity index (χ2v) is 11.5. The van der Waals surface area contributed by atoms with Crippen molar-refractivity contribution in [2.75, 3.05) is 33.3 Å². The topological polar surface area (TPSA) is 79.0 Å². The van der Waals surface area contributed by atoms with Crippen LogP contribution < -0.4 is 10.1 Å². The van der Waals surface area contributed by atoms with Gasteiger partial charge in [0, 0.05) is 32.6 Å². The lowest BCUT2D eigenvalue weighted by atomic mass is 10.1. The number of hydrogen-bond acceptors (Lipinski definition) is 5. The summed E-state index contributed by atoms with van der Waals surface area (Å²) < 4.78 is 32.8. The van der Waals surface area contributed by atoms with Gasteiger partial charge in [-0.25, -0.2) is 8.42 Å². The van der Waals surface area contributed by atoms with Gasteiger partial charge in [-0.2, -0.15) is 4.31 Å². The van der Waals surface area contributed by atoms with E-state index >= 15 is 0 Å². The van der Waals surface area contributed by atoms with Crippen molar-refractivity contribution >= 4 is 15.9 Å². The number of carbonyl (C=O) groups is 1. The molecule has 4 rings (SSSR count). The molecule has 8 heteroatoms. The molecule has 0 aliphatic carbocycles. The number of benzene rings is 2. The highest BCUT2D eigenvalue weighted by molar-refractivity contribution is 7.89. The Morgan fingerprint density at radius 3 is 2.26 bits per heavy atom. The molecule has 190 valence electrons. The minimum Gasteiger partial charge on any atom is -0.496 e. The van der Waals surface area contributed by atoms with Crippen molar-refractivity contribution in [1.82, 2.24) is 14.5 Å². The maximum atomic E-state index is 12.9. The zero-order valence-corrected chi connectivity index (χ0v) is 21.5. The summed E-state index contributed by atoms with van der Waals surface area (Å²) in [5.74, 6) is 0.528. The Hall–Kier alpha value is -2.42. The van der Waals surface area contributed by atoms with E-state index in [1.807, 2.05) is 0 Å². The highest BCUT2D eigenvalue weighted by Crippen LogP contribution is 2.27.